The molecule has 0 bridgehead atoms. The lowest BCUT2D eigenvalue weighted by molar-refractivity contribution is 0.102. The minimum absolute atomic E-state index is 0.0105. The smallest absolute Gasteiger partial charge is 0.355 e. The minimum atomic E-state index is -4.97. The second kappa shape index (κ2) is 37.9. The summed E-state index contributed by atoms with van der Waals surface area (Å²) in [6.07, 6.45) is 8.03. The SMILES string of the molecule is CN(C)c1nc(Cc2cc(Nc3ccc4c5c3C(=O)c3ccccc3-c5c(C(=O)c3ccccc3)c(=O)n4C)ccc2S(=O)(=O)O)nc(NC2CCC(CC3CCC(Nc4nc(Nc5ccc(S(=O)(=O)O)c(Nc6ccc7c8c6C(=O)c6ccccc6-c8c(C(=O)c6cccc(S(=O)(=O)O)c6)c(=O)n7C)c5)nc(N(C)C)n4)CC3)CC2)n1.O=S(=O)=O.O=S(=O)=O.O=S(=O)=O. The molecule has 16 rings (SSSR count). The Morgan fingerprint density at radius 1 is 0.419 bits per heavy atom. The number of rotatable bonds is 23. The van der Waals surface area contributed by atoms with Crippen LogP contribution in [0.2, 0.25) is 0 Å². The maximum absolute atomic E-state index is 14.9. The average Bonchev–Trinajstić information content (AvgIpc) is 0.709. The summed E-state index contributed by atoms with van der Waals surface area (Å²) in [5, 5.41) is 17.2. The molecule has 0 saturated heterocycles. The van der Waals surface area contributed by atoms with Crippen LogP contribution in [0.5, 0.6) is 0 Å². The number of aromatic nitrogens is 8. The number of fused-ring (bicyclic) bond motifs is 4. The highest BCUT2D eigenvalue weighted by Crippen LogP contribution is 2.48. The highest BCUT2D eigenvalue weighted by atomic mass is 32.2. The van der Waals surface area contributed by atoms with Crippen LogP contribution in [0.4, 0.5) is 58.2 Å². The minimum Gasteiger partial charge on any atom is -0.355 e. The maximum Gasteiger partial charge on any atom is 0.425 e. The zero-order chi connectivity index (χ0) is 93.2. The van der Waals surface area contributed by atoms with Gasteiger partial charge in [-0.1, -0.05) is 91.0 Å². The van der Waals surface area contributed by atoms with Gasteiger partial charge in [-0.05, 0) is 159 Å². The molecule has 0 spiro atoms. The van der Waals surface area contributed by atoms with E-state index in [0.717, 1.165) is 76.0 Å². The summed E-state index contributed by atoms with van der Waals surface area (Å²) in [6, 6.07) is 40.7. The standard InChI is InChI=1S/C84H77N15O15S3.3O3S/c1-96(2)83-91-65(42-48-40-51(31-37-63(48)116(109,110)111)85-58-33-35-61-70-66(54-19-10-12-21-56(54)76(102)68(58)70)72(78(104)98(61)5)74(100)46-15-8-7-9-16-46)90-80(93-83)86-49-27-23-44(24-28-49)39-45-25-29-50(30-26-45)87-81-92-82(95-84(94-81)97(3)4)88-52-32-38-64(117(112,113)114)60(43-52)89-59-34-36-62-71-67(55-20-11-13-22-57(55)77(103)69(59)71)73(79(105)99(62)6)75(101)47-17-14-18-53(41-47)115(106,107)108;3*1-4(2)3/h7-22,31-38,40-41,43-45,49-50,85,89H,23-30,39,42H2,1-6H3,(H,106,107,108)(H,109,110,111)(H,112,113,114)(H,86,90,91,93)(H2,87,88,92,94,95);;;. The van der Waals surface area contributed by atoms with E-state index in [4.69, 9.17) is 62.8 Å². The highest BCUT2D eigenvalue weighted by molar-refractivity contribution is 7.86. The zero-order valence-corrected chi connectivity index (χ0v) is 73.7. The monoisotopic (exact) mass is 1870 g/mol. The molecule has 45 heteroatoms. The Hall–Kier alpha value is -13.9. The Balaban J connectivity index is 0.00000112. The molecule has 0 amide bonds. The zero-order valence-electron chi connectivity index (χ0n) is 68.8. The van der Waals surface area contributed by atoms with E-state index in [-0.39, 0.29) is 125 Å². The van der Waals surface area contributed by atoms with E-state index in [2.05, 4.69) is 31.6 Å². The Kier molecular flexibility index (Phi) is 27.3. The topological polar surface area (TPSA) is 573 Å². The van der Waals surface area contributed by atoms with Crippen molar-refractivity contribution in [2.75, 3.05) is 64.6 Å². The van der Waals surface area contributed by atoms with Gasteiger partial charge in [-0.15, -0.1) is 37.9 Å². The molecule has 668 valence electrons. The van der Waals surface area contributed by atoms with Crippen LogP contribution in [0, 0.1) is 11.8 Å². The third-order valence-corrected chi connectivity index (χ3v) is 24.9. The van der Waals surface area contributed by atoms with Crippen LogP contribution in [0.25, 0.3) is 44.1 Å². The van der Waals surface area contributed by atoms with Crippen molar-refractivity contribution >= 4 is 165 Å². The lowest BCUT2D eigenvalue weighted by Crippen LogP contribution is -2.31. The molecule has 8 aromatic carbocycles. The van der Waals surface area contributed by atoms with Crippen molar-refractivity contribution in [3.8, 4) is 22.3 Å². The summed E-state index contributed by atoms with van der Waals surface area (Å²) in [5.41, 5.74) is 1.40. The van der Waals surface area contributed by atoms with E-state index in [1.807, 2.05) is 0 Å². The molecule has 4 heterocycles. The number of hydrogen-bond acceptors (Lipinski definition) is 34. The fraction of sp³-hybridized carbons (Fsp3) is 0.238. The number of pyridine rings is 2. The lowest BCUT2D eigenvalue weighted by atomic mass is 9.75. The van der Waals surface area contributed by atoms with Crippen LogP contribution in [0.1, 0.15) is 133 Å². The fourth-order valence-corrected chi connectivity index (χ4v) is 18.4. The van der Waals surface area contributed by atoms with E-state index >= 15 is 0 Å². The summed E-state index contributed by atoms with van der Waals surface area (Å²) < 4.78 is 187. The van der Waals surface area contributed by atoms with Gasteiger partial charge in [0, 0.05) is 116 Å². The predicted octanol–water partition coefficient (Wildman–Crippen LogP) is 9.36. The number of ketones is 4. The number of nitrogens with one attached hydrogen (secondary N) is 5. The van der Waals surface area contributed by atoms with Gasteiger partial charge in [-0.3, -0.25) is 42.4 Å². The first kappa shape index (κ1) is 92.7. The van der Waals surface area contributed by atoms with Crippen LogP contribution in [-0.2, 0) is 82.7 Å². The van der Waals surface area contributed by atoms with Gasteiger partial charge >= 0.3 is 31.8 Å². The first-order chi connectivity index (χ1) is 61.0. The molecule has 2 saturated carbocycles. The number of anilines is 10. The Morgan fingerprint density at radius 2 is 0.837 bits per heavy atom. The summed E-state index contributed by atoms with van der Waals surface area (Å²) >= 11 is 0. The van der Waals surface area contributed by atoms with Gasteiger partial charge in [0.2, 0.25) is 29.7 Å². The van der Waals surface area contributed by atoms with Crippen molar-refractivity contribution in [3.05, 3.63) is 240 Å². The Bertz CT molecular complexity index is 7440. The van der Waals surface area contributed by atoms with Crippen molar-refractivity contribution < 1.29 is 96.0 Å². The molecular weight excluding hydrogens is 1800 g/mol. The third-order valence-electron chi connectivity index (χ3n) is 22.2. The Labute approximate surface area is 739 Å². The fourth-order valence-electron chi connectivity index (χ4n) is 16.6. The van der Waals surface area contributed by atoms with Crippen molar-refractivity contribution in [3.63, 3.8) is 0 Å². The van der Waals surface area contributed by atoms with Crippen molar-refractivity contribution in [1.29, 1.82) is 0 Å². The predicted molar refractivity (Wildman–Crippen MR) is 472 cm³/mol. The molecule has 129 heavy (non-hydrogen) atoms. The third kappa shape index (κ3) is 20.5. The van der Waals surface area contributed by atoms with Gasteiger partial charge in [-0.25, -0.2) is 0 Å². The molecule has 12 aromatic rings. The first-order valence-electron chi connectivity index (χ1n) is 39.1. The molecule has 39 nitrogen and oxygen atoms in total. The largest absolute Gasteiger partial charge is 0.425 e. The number of benzene rings is 8. The van der Waals surface area contributed by atoms with Crippen molar-refractivity contribution in [2.24, 2.45) is 25.9 Å². The highest BCUT2D eigenvalue weighted by Gasteiger charge is 2.38. The number of hydrogen-bond donors (Lipinski definition) is 8. The molecule has 4 aliphatic carbocycles. The normalized spacial score (nSPS) is 15.4. The molecule has 8 N–H and O–H groups in total. The van der Waals surface area contributed by atoms with Crippen LogP contribution in [-0.4, -0.2) is 179 Å². The lowest BCUT2D eigenvalue weighted by Gasteiger charge is -2.34. The summed E-state index contributed by atoms with van der Waals surface area (Å²) in [6.45, 7) is 0. The molecule has 0 aliphatic heterocycles. The van der Waals surface area contributed by atoms with E-state index in [0.29, 0.717) is 68.6 Å². The summed E-state index contributed by atoms with van der Waals surface area (Å²) in [4.78, 5) is 118. The van der Waals surface area contributed by atoms with Crippen LogP contribution < -0.4 is 47.5 Å². The van der Waals surface area contributed by atoms with Crippen molar-refractivity contribution in [2.45, 2.75) is 91.0 Å². The van der Waals surface area contributed by atoms with Crippen LogP contribution >= 0.6 is 0 Å². The second-order valence-corrected chi connectivity index (χ2v) is 36.2. The summed E-state index contributed by atoms with van der Waals surface area (Å²) in [7, 11) is -13.8. The molecule has 4 aromatic heterocycles. The first-order valence-corrected chi connectivity index (χ1v) is 46.5. The van der Waals surface area contributed by atoms with E-state index < -0.39 is 106 Å². The number of carbonyl (C=O) groups is 4. The number of nitrogens with zero attached hydrogens (tertiary/aromatic N) is 10. The molecule has 0 unspecified atom stereocenters. The maximum atomic E-state index is 14.9. The van der Waals surface area contributed by atoms with Gasteiger partial charge < -0.3 is 45.5 Å². The van der Waals surface area contributed by atoms with Gasteiger partial charge in [0.1, 0.15) is 10.7 Å². The molecule has 0 radical (unpaired) electrons. The van der Waals surface area contributed by atoms with E-state index in [1.165, 1.54) is 70.8 Å². The molecular formula is C84H77N15O24S6. The van der Waals surface area contributed by atoms with Gasteiger partial charge in [0.15, 0.2) is 23.1 Å². The summed E-state index contributed by atoms with van der Waals surface area (Å²) in [5.74, 6) is 0.112. The van der Waals surface area contributed by atoms with Gasteiger partial charge in [0.25, 0.3) is 41.5 Å². The van der Waals surface area contributed by atoms with Gasteiger partial charge in [0.05, 0.1) is 60.1 Å². The number of aryl methyl sites for hydroxylation is 2. The average molecular weight is 1870 g/mol. The van der Waals surface area contributed by atoms with Crippen LogP contribution in [0.3, 0.4) is 0 Å². The number of carbonyl (C=O) groups excluding carboxylic acids is 4. The quantitative estimate of drug-likeness (QED) is 0.0218. The van der Waals surface area contributed by atoms with Gasteiger partial charge in [-0.2, -0.15) is 55.2 Å². The van der Waals surface area contributed by atoms with Crippen LogP contribution in [0.15, 0.2) is 188 Å². The molecule has 0 atom stereocenters. The van der Waals surface area contributed by atoms with E-state index in [9.17, 15) is 67.7 Å². The second-order valence-electron chi connectivity index (χ2n) is 30.8. The Morgan fingerprint density at radius 3 is 1.31 bits per heavy atom. The molecule has 2 fully saturated rings. The van der Waals surface area contributed by atoms with Crippen molar-refractivity contribution in [1.82, 2.24) is 39.0 Å². The molecule has 4 aliphatic rings. The van der Waals surface area contributed by atoms with E-state index in [1.54, 1.807) is 136 Å².